The van der Waals surface area contributed by atoms with E-state index in [1.807, 2.05) is 68.4 Å². The van der Waals surface area contributed by atoms with E-state index < -0.39 is 17.7 Å². The maximum absolute atomic E-state index is 13.2. The lowest BCUT2D eigenvalue weighted by Gasteiger charge is -2.27. The second kappa shape index (κ2) is 9.79. The number of Topliss-reactive ketones (excluding diaryl/α,β-unsaturated/α-hetero) is 1. The van der Waals surface area contributed by atoms with Crippen LogP contribution in [0, 0.1) is 0 Å². The Morgan fingerprint density at radius 1 is 1.09 bits per heavy atom. The summed E-state index contributed by atoms with van der Waals surface area (Å²) in [6.07, 6.45) is 4.30. The van der Waals surface area contributed by atoms with Crippen LogP contribution in [0.5, 0.6) is 5.75 Å². The van der Waals surface area contributed by atoms with E-state index in [1.54, 1.807) is 4.90 Å². The molecule has 1 aliphatic carbocycles. The number of benzene rings is 2. The van der Waals surface area contributed by atoms with Gasteiger partial charge in [-0.25, -0.2) is 0 Å². The van der Waals surface area contributed by atoms with Crippen molar-refractivity contribution in [3.05, 3.63) is 70.3 Å². The third-order valence-corrected chi connectivity index (χ3v) is 6.43. The molecule has 0 bridgehead atoms. The van der Waals surface area contributed by atoms with Crippen molar-refractivity contribution in [3.8, 4) is 5.75 Å². The number of aliphatic hydroxyl groups excluding tert-OH is 1. The van der Waals surface area contributed by atoms with Crippen LogP contribution in [0.2, 0.25) is 0 Å². The SMILES string of the molecule is CCOc1cccc(C2/C(=C(/O)c3ccc4c(c3)CCCC4)C(=O)C(=O)N2CCN(C)C)c1. The number of likely N-dealkylation sites (N-methyl/N-ethyl adjacent to an activating group) is 1. The topological polar surface area (TPSA) is 70.1 Å². The first kappa shape index (κ1) is 23.1. The van der Waals surface area contributed by atoms with Crippen molar-refractivity contribution >= 4 is 17.4 Å². The summed E-state index contributed by atoms with van der Waals surface area (Å²) < 4.78 is 5.66. The smallest absolute Gasteiger partial charge is 0.295 e. The Balaban J connectivity index is 1.82. The average molecular weight is 449 g/mol. The molecule has 1 fully saturated rings. The molecule has 1 N–H and O–H groups in total. The van der Waals surface area contributed by atoms with Crippen molar-refractivity contribution in [3.63, 3.8) is 0 Å². The van der Waals surface area contributed by atoms with Crippen LogP contribution in [0.15, 0.2) is 48.0 Å². The highest BCUT2D eigenvalue weighted by molar-refractivity contribution is 6.46. The molecular formula is C27H32N2O4. The maximum Gasteiger partial charge on any atom is 0.295 e. The van der Waals surface area contributed by atoms with E-state index in [9.17, 15) is 14.7 Å². The number of carbonyl (C=O) groups excluding carboxylic acids is 2. The van der Waals surface area contributed by atoms with E-state index >= 15 is 0 Å². The molecule has 2 aromatic rings. The Bertz CT molecular complexity index is 1090. The molecule has 4 rings (SSSR count). The highest BCUT2D eigenvalue weighted by Gasteiger charge is 2.46. The van der Waals surface area contributed by atoms with E-state index in [4.69, 9.17) is 4.74 Å². The van der Waals surface area contributed by atoms with Gasteiger partial charge in [0, 0.05) is 18.7 Å². The molecule has 6 heteroatoms. The minimum Gasteiger partial charge on any atom is -0.507 e. The lowest BCUT2D eigenvalue weighted by atomic mass is 9.88. The fourth-order valence-electron chi connectivity index (χ4n) is 4.74. The monoisotopic (exact) mass is 448 g/mol. The summed E-state index contributed by atoms with van der Waals surface area (Å²) in [6.45, 7) is 3.40. The number of fused-ring (bicyclic) bond motifs is 1. The standard InChI is InChI=1S/C27H32N2O4/c1-4-33-22-11-7-10-20(17-22)24-23(26(31)27(32)29(24)15-14-28(2)3)25(30)21-13-12-18-8-5-6-9-19(18)16-21/h7,10-13,16-17,24,30H,4-6,8-9,14-15H2,1-3H3/b25-23-. The number of hydrogen-bond acceptors (Lipinski definition) is 5. The first-order valence-electron chi connectivity index (χ1n) is 11.7. The lowest BCUT2D eigenvalue weighted by Crippen LogP contribution is -2.35. The minimum atomic E-state index is -0.665. The second-order valence-electron chi connectivity index (χ2n) is 8.99. The van der Waals surface area contributed by atoms with Crippen LogP contribution in [-0.2, 0) is 22.4 Å². The quantitative estimate of drug-likeness (QED) is 0.395. The van der Waals surface area contributed by atoms with Crippen LogP contribution >= 0.6 is 0 Å². The number of amides is 1. The molecule has 0 aromatic heterocycles. The van der Waals surface area contributed by atoms with Crippen molar-refractivity contribution < 1.29 is 19.4 Å². The molecule has 174 valence electrons. The zero-order chi connectivity index (χ0) is 23.5. The van der Waals surface area contributed by atoms with Crippen molar-refractivity contribution in [2.45, 2.75) is 38.6 Å². The molecule has 1 heterocycles. The van der Waals surface area contributed by atoms with Crippen LogP contribution in [0.3, 0.4) is 0 Å². The summed E-state index contributed by atoms with van der Waals surface area (Å²) in [5, 5.41) is 11.3. The first-order valence-corrected chi connectivity index (χ1v) is 11.7. The van der Waals surface area contributed by atoms with Gasteiger partial charge in [-0.15, -0.1) is 0 Å². The molecule has 33 heavy (non-hydrogen) atoms. The summed E-state index contributed by atoms with van der Waals surface area (Å²) in [4.78, 5) is 29.8. The van der Waals surface area contributed by atoms with Gasteiger partial charge in [-0.1, -0.05) is 24.3 Å². The molecule has 1 saturated heterocycles. The van der Waals surface area contributed by atoms with Crippen molar-refractivity contribution in [1.82, 2.24) is 9.80 Å². The van der Waals surface area contributed by atoms with Gasteiger partial charge in [-0.05, 0) is 81.6 Å². The number of likely N-dealkylation sites (tertiary alicyclic amines) is 1. The Kier molecular flexibility index (Phi) is 6.84. The van der Waals surface area contributed by atoms with Crippen LogP contribution in [0.25, 0.3) is 5.76 Å². The lowest BCUT2D eigenvalue weighted by molar-refractivity contribution is -0.140. The molecule has 1 atom stereocenters. The zero-order valence-corrected chi connectivity index (χ0v) is 19.6. The number of ketones is 1. The van der Waals surface area contributed by atoms with E-state index in [2.05, 4.69) is 0 Å². The third-order valence-electron chi connectivity index (χ3n) is 6.43. The predicted octanol–water partition coefficient (Wildman–Crippen LogP) is 3.95. The Morgan fingerprint density at radius 3 is 2.58 bits per heavy atom. The van der Waals surface area contributed by atoms with Gasteiger partial charge in [0.2, 0.25) is 0 Å². The zero-order valence-electron chi connectivity index (χ0n) is 19.6. The van der Waals surface area contributed by atoms with E-state index in [1.165, 1.54) is 17.5 Å². The van der Waals surface area contributed by atoms with Crippen molar-refractivity contribution in [2.75, 3.05) is 33.8 Å². The van der Waals surface area contributed by atoms with Crippen LogP contribution in [0.4, 0.5) is 0 Å². The fraction of sp³-hybridized carbons (Fsp3) is 0.407. The number of aryl methyl sites for hydroxylation is 2. The van der Waals surface area contributed by atoms with Crippen LogP contribution in [0.1, 0.15) is 48.1 Å². The molecule has 2 aliphatic rings. The molecule has 0 spiro atoms. The Morgan fingerprint density at radius 2 is 1.85 bits per heavy atom. The molecule has 0 radical (unpaired) electrons. The van der Waals surface area contributed by atoms with E-state index in [-0.39, 0.29) is 11.3 Å². The second-order valence-corrected chi connectivity index (χ2v) is 8.99. The molecule has 0 saturated carbocycles. The van der Waals surface area contributed by atoms with Crippen LogP contribution in [-0.4, -0.2) is 60.4 Å². The molecule has 2 aromatic carbocycles. The summed E-state index contributed by atoms with van der Waals surface area (Å²) in [7, 11) is 3.85. The highest BCUT2D eigenvalue weighted by atomic mass is 16.5. The Hall–Kier alpha value is -3.12. The van der Waals surface area contributed by atoms with Gasteiger partial charge in [0.05, 0.1) is 18.2 Å². The summed E-state index contributed by atoms with van der Waals surface area (Å²) >= 11 is 0. The van der Waals surface area contributed by atoms with Gasteiger partial charge in [0.15, 0.2) is 0 Å². The third kappa shape index (κ3) is 4.67. The molecule has 6 nitrogen and oxygen atoms in total. The first-order chi connectivity index (χ1) is 15.9. The fourth-order valence-corrected chi connectivity index (χ4v) is 4.74. The van der Waals surface area contributed by atoms with E-state index in [0.717, 1.165) is 24.8 Å². The van der Waals surface area contributed by atoms with Gasteiger partial charge in [0.1, 0.15) is 11.5 Å². The molecule has 1 aliphatic heterocycles. The van der Waals surface area contributed by atoms with Crippen molar-refractivity contribution in [2.24, 2.45) is 0 Å². The normalized spacial score (nSPS) is 19.8. The van der Waals surface area contributed by atoms with Gasteiger partial charge >= 0.3 is 0 Å². The number of nitrogens with zero attached hydrogens (tertiary/aromatic N) is 2. The maximum atomic E-state index is 13.2. The highest BCUT2D eigenvalue weighted by Crippen LogP contribution is 2.40. The Labute approximate surface area is 195 Å². The molecule has 1 amide bonds. The number of rotatable bonds is 7. The van der Waals surface area contributed by atoms with Crippen LogP contribution < -0.4 is 4.74 Å². The van der Waals surface area contributed by atoms with Gasteiger partial charge in [0.25, 0.3) is 11.7 Å². The molecule has 1 unspecified atom stereocenters. The summed E-state index contributed by atoms with van der Waals surface area (Å²) in [6, 6.07) is 12.6. The van der Waals surface area contributed by atoms with Crippen molar-refractivity contribution in [1.29, 1.82) is 0 Å². The van der Waals surface area contributed by atoms with Gasteiger partial charge in [-0.3, -0.25) is 9.59 Å². The number of ether oxygens (including phenoxy) is 1. The summed E-state index contributed by atoms with van der Waals surface area (Å²) in [5.41, 5.74) is 3.99. The van der Waals surface area contributed by atoms with E-state index in [0.29, 0.717) is 31.0 Å². The number of aliphatic hydroxyl groups is 1. The van der Waals surface area contributed by atoms with Gasteiger partial charge < -0.3 is 19.6 Å². The summed E-state index contributed by atoms with van der Waals surface area (Å²) in [5.74, 6) is -0.665. The molecular weight excluding hydrogens is 416 g/mol. The minimum absolute atomic E-state index is 0.110. The predicted molar refractivity (Wildman–Crippen MR) is 128 cm³/mol. The number of carbonyl (C=O) groups is 2. The van der Waals surface area contributed by atoms with Gasteiger partial charge in [-0.2, -0.15) is 0 Å². The average Bonchev–Trinajstić information content (AvgIpc) is 3.07. The number of hydrogen-bond donors (Lipinski definition) is 1. The largest absolute Gasteiger partial charge is 0.507 e.